The number of fused-ring (bicyclic) bond motifs is 3. The van der Waals surface area contributed by atoms with Gasteiger partial charge in [0.05, 0.1) is 17.4 Å². The Hall–Kier alpha value is -3.19. The minimum atomic E-state index is 0.577. The van der Waals surface area contributed by atoms with Crippen LogP contribution in [0.3, 0.4) is 0 Å². The average Bonchev–Trinajstić information content (AvgIpc) is 3.50. The van der Waals surface area contributed by atoms with E-state index in [1.807, 2.05) is 18.5 Å². The molecule has 2 fully saturated rings. The van der Waals surface area contributed by atoms with Crippen LogP contribution >= 0.6 is 0 Å². The molecule has 1 aliphatic carbocycles. The molecule has 1 saturated heterocycles. The van der Waals surface area contributed by atoms with Crippen LogP contribution in [0.5, 0.6) is 0 Å². The average molecular weight is 414 g/mol. The number of nitrogens with one attached hydrogen (secondary N) is 2. The van der Waals surface area contributed by atoms with E-state index >= 15 is 0 Å². The van der Waals surface area contributed by atoms with Crippen LogP contribution in [0.15, 0.2) is 48.9 Å². The normalized spacial score (nSPS) is 17.6. The highest BCUT2D eigenvalue weighted by Gasteiger charge is 2.20. The topological polar surface area (TPSA) is 70.9 Å². The van der Waals surface area contributed by atoms with E-state index in [2.05, 4.69) is 60.5 Å². The Labute approximate surface area is 181 Å². The van der Waals surface area contributed by atoms with Gasteiger partial charge in [-0.1, -0.05) is 25.0 Å². The maximum atomic E-state index is 4.91. The van der Waals surface area contributed by atoms with Gasteiger partial charge in [0.25, 0.3) is 0 Å². The highest BCUT2D eigenvalue weighted by molar-refractivity contribution is 6.03. The summed E-state index contributed by atoms with van der Waals surface area (Å²) in [5.74, 6) is 1.35. The number of benzene rings is 1. The Bertz CT molecular complexity index is 1200. The van der Waals surface area contributed by atoms with Gasteiger partial charge in [-0.25, -0.2) is 15.0 Å². The number of piperazine rings is 1. The smallest absolute Gasteiger partial charge is 0.228 e. The van der Waals surface area contributed by atoms with Gasteiger partial charge in [0.15, 0.2) is 0 Å². The van der Waals surface area contributed by atoms with Crippen LogP contribution in [0.2, 0.25) is 0 Å². The predicted molar refractivity (Wildman–Crippen MR) is 125 cm³/mol. The Kier molecular flexibility index (Phi) is 4.68. The van der Waals surface area contributed by atoms with E-state index in [4.69, 9.17) is 4.98 Å². The van der Waals surface area contributed by atoms with Crippen molar-refractivity contribution in [3.05, 3.63) is 48.9 Å². The number of aromatic nitrogens is 4. The molecule has 158 valence electrons. The van der Waals surface area contributed by atoms with Crippen molar-refractivity contribution in [2.24, 2.45) is 0 Å². The standard InChI is InChI=1S/C24H27N7/c1-2-4-19(3-1)31-12-9-17-5-6-18-15-27-24(29-22(18)23(17)31)28-21-8-7-20(16-26-21)30-13-10-25-11-14-30/h5-9,12,15-16,19,25H,1-4,10-11,13-14H2,(H,26,27,28,29). The lowest BCUT2D eigenvalue weighted by atomic mass is 10.1. The minimum Gasteiger partial charge on any atom is -0.368 e. The molecule has 1 aliphatic heterocycles. The molecule has 6 rings (SSSR count). The van der Waals surface area contributed by atoms with E-state index in [1.54, 1.807) is 0 Å². The van der Waals surface area contributed by atoms with Gasteiger partial charge >= 0.3 is 0 Å². The summed E-state index contributed by atoms with van der Waals surface area (Å²) in [6, 6.07) is 11.2. The van der Waals surface area contributed by atoms with Crippen LogP contribution in [-0.4, -0.2) is 45.7 Å². The first-order valence-corrected chi connectivity index (χ1v) is 11.3. The van der Waals surface area contributed by atoms with Crippen molar-refractivity contribution in [2.45, 2.75) is 31.7 Å². The molecule has 3 aromatic heterocycles. The molecular weight excluding hydrogens is 386 g/mol. The summed E-state index contributed by atoms with van der Waals surface area (Å²) in [6.45, 7) is 4.06. The molecule has 2 N–H and O–H groups in total. The van der Waals surface area contributed by atoms with Crippen molar-refractivity contribution in [1.82, 2.24) is 24.8 Å². The highest BCUT2D eigenvalue weighted by Crippen LogP contribution is 2.35. The van der Waals surface area contributed by atoms with Crippen molar-refractivity contribution in [3.63, 3.8) is 0 Å². The zero-order valence-corrected chi connectivity index (χ0v) is 17.6. The maximum Gasteiger partial charge on any atom is 0.228 e. The van der Waals surface area contributed by atoms with Gasteiger partial charge in [-0.15, -0.1) is 0 Å². The second-order valence-corrected chi connectivity index (χ2v) is 8.56. The molecule has 7 heteroatoms. The molecule has 1 saturated carbocycles. The molecular formula is C24H27N7. The van der Waals surface area contributed by atoms with Gasteiger partial charge in [-0.2, -0.15) is 0 Å². The van der Waals surface area contributed by atoms with Gasteiger partial charge in [-0.3, -0.25) is 0 Å². The van der Waals surface area contributed by atoms with Crippen LogP contribution in [0.4, 0.5) is 17.5 Å². The third-order valence-corrected chi connectivity index (χ3v) is 6.62. The summed E-state index contributed by atoms with van der Waals surface area (Å²) in [5, 5.41) is 8.99. The summed E-state index contributed by atoms with van der Waals surface area (Å²) in [5.41, 5.74) is 3.38. The Morgan fingerprint density at radius 2 is 1.74 bits per heavy atom. The maximum absolute atomic E-state index is 4.91. The Morgan fingerprint density at radius 1 is 0.903 bits per heavy atom. The zero-order valence-electron chi connectivity index (χ0n) is 17.6. The second-order valence-electron chi connectivity index (χ2n) is 8.56. The van der Waals surface area contributed by atoms with Crippen molar-refractivity contribution in [3.8, 4) is 0 Å². The molecule has 31 heavy (non-hydrogen) atoms. The summed E-state index contributed by atoms with van der Waals surface area (Å²) < 4.78 is 2.43. The van der Waals surface area contributed by atoms with E-state index in [0.717, 1.165) is 48.6 Å². The van der Waals surface area contributed by atoms with Crippen molar-refractivity contribution < 1.29 is 0 Å². The number of nitrogens with zero attached hydrogens (tertiary/aromatic N) is 5. The van der Waals surface area contributed by atoms with Crippen LogP contribution in [0, 0.1) is 0 Å². The molecule has 0 atom stereocenters. The highest BCUT2D eigenvalue weighted by atomic mass is 15.2. The first-order chi connectivity index (χ1) is 15.3. The molecule has 0 bridgehead atoms. The van der Waals surface area contributed by atoms with Gasteiger partial charge < -0.3 is 20.1 Å². The SMILES string of the molecule is c1cc(Nc2ncc3ccc4ccn(C5CCCC5)c4c3n2)ncc1N1CCNCC1. The van der Waals surface area contributed by atoms with Gasteiger partial charge in [-0.05, 0) is 31.0 Å². The molecule has 0 radical (unpaired) electrons. The molecule has 1 aromatic carbocycles. The lowest BCUT2D eigenvalue weighted by Crippen LogP contribution is -2.43. The van der Waals surface area contributed by atoms with Crippen molar-refractivity contribution >= 4 is 39.3 Å². The molecule has 0 unspecified atom stereocenters. The monoisotopic (exact) mass is 413 g/mol. The van der Waals surface area contributed by atoms with Crippen LogP contribution < -0.4 is 15.5 Å². The Balaban J connectivity index is 1.31. The van der Waals surface area contributed by atoms with E-state index < -0.39 is 0 Å². The lowest BCUT2D eigenvalue weighted by Gasteiger charge is -2.29. The molecule has 4 heterocycles. The number of rotatable bonds is 4. The molecule has 7 nitrogen and oxygen atoms in total. The Morgan fingerprint density at radius 3 is 2.55 bits per heavy atom. The first-order valence-electron chi connectivity index (χ1n) is 11.3. The van der Waals surface area contributed by atoms with E-state index in [9.17, 15) is 0 Å². The van der Waals surface area contributed by atoms with Crippen LogP contribution in [0.25, 0.3) is 21.8 Å². The van der Waals surface area contributed by atoms with Crippen molar-refractivity contribution in [1.29, 1.82) is 0 Å². The molecule has 0 amide bonds. The predicted octanol–water partition coefficient (Wildman–Crippen LogP) is 4.25. The summed E-state index contributed by atoms with van der Waals surface area (Å²) in [6.07, 6.45) is 11.2. The zero-order chi connectivity index (χ0) is 20.6. The lowest BCUT2D eigenvalue weighted by molar-refractivity contribution is 0.536. The van der Waals surface area contributed by atoms with E-state index in [0.29, 0.717) is 12.0 Å². The minimum absolute atomic E-state index is 0.577. The van der Waals surface area contributed by atoms with Crippen molar-refractivity contribution in [2.75, 3.05) is 36.4 Å². The largest absolute Gasteiger partial charge is 0.368 e. The third kappa shape index (κ3) is 3.49. The molecule has 4 aromatic rings. The second kappa shape index (κ2) is 7.81. The third-order valence-electron chi connectivity index (χ3n) is 6.62. The van der Waals surface area contributed by atoms with Gasteiger partial charge in [0.2, 0.25) is 5.95 Å². The van der Waals surface area contributed by atoms with Gasteiger partial charge in [0, 0.05) is 55.4 Å². The van der Waals surface area contributed by atoms with E-state index in [1.165, 1.54) is 36.6 Å². The van der Waals surface area contributed by atoms with E-state index in [-0.39, 0.29) is 0 Å². The number of anilines is 3. The number of hydrogen-bond acceptors (Lipinski definition) is 6. The molecule has 0 spiro atoms. The summed E-state index contributed by atoms with van der Waals surface area (Å²) >= 11 is 0. The van der Waals surface area contributed by atoms with Gasteiger partial charge in [0.1, 0.15) is 11.3 Å². The fraction of sp³-hybridized carbons (Fsp3) is 0.375. The first kappa shape index (κ1) is 18.6. The number of pyridine rings is 1. The summed E-state index contributed by atoms with van der Waals surface area (Å²) in [7, 11) is 0. The fourth-order valence-electron chi connectivity index (χ4n) is 4.97. The van der Waals surface area contributed by atoms with Crippen LogP contribution in [0.1, 0.15) is 31.7 Å². The fourth-order valence-corrected chi connectivity index (χ4v) is 4.97. The molecule has 2 aliphatic rings. The van der Waals surface area contributed by atoms with Crippen LogP contribution in [-0.2, 0) is 0 Å². The quantitative estimate of drug-likeness (QED) is 0.521. The summed E-state index contributed by atoms with van der Waals surface area (Å²) in [4.78, 5) is 16.4. The number of hydrogen-bond donors (Lipinski definition) is 2.